The molecule has 0 N–H and O–H groups in total. The van der Waals surface area contributed by atoms with Crippen molar-refractivity contribution in [2.24, 2.45) is 0 Å². The maximum absolute atomic E-state index is 10.3. The van der Waals surface area contributed by atoms with E-state index in [4.69, 9.17) is 0 Å². The van der Waals surface area contributed by atoms with Gasteiger partial charge in [-0.25, -0.2) is 4.79 Å². The minimum atomic E-state index is -0.693. The van der Waals surface area contributed by atoms with Gasteiger partial charge in [0.15, 0.2) is 0 Å². The molecule has 0 spiro atoms. The fourth-order valence-corrected chi connectivity index (χ4v) is 1.02. The summed E-state index contributed by atoms with van der Waals surface area (Å²) in [6.07, 6.45) is 3.33. The first-order chi connectivity index (χ1) is 4.86. The largest absolute Gasteiger partial charge is 0.542 e. The summed E-state index contributed by atoms with van der Waals surface area (Å²) in [5.41, 5.74) is 0. The third-order valence-corrected chi connectivity index (χ3v) is 1.85. The lowest BCUT2D eigenvalue weighted by Gasteiger charge is -2.19. The van der Waals surface area contributed by atoms with Crippen molar-refractivity contribution < 1.29 is 8.94 Å². The first kappa shape index (κ1) is 5.70. The highest BCUT2D eigenvalue weighted by molar-refractivity contribution is 4.92. The molecule has 0 radical (unpaired) electrons. The van der Waals surface area contributed by atoms with Gasteiger partial charge in [-0.2, -0.15) is 0 Å². The van der Waals surface area contributed by atoms with Gasteiger partial charge in [0.1, 0.15) is 0 Å². The monoisotopic (exact) mass is 141 g/mol. The Morgan fingerprint density at radius 1 is 1.50 bits per heavy atom. The third kappa shape index (κ3) is 0.761. The number of hydrogen-bond acceptors (Lipinski definition) is 4. The standard InChI is InChI=1S/C6H7NO3/c8-6-9-5(7-10-6)4-2-1-3-4/h4H,1-3H2. The van der Waals surface area contributed by atoms with E-state index in [9.17, 15) is 4.79 Å². The van der Waals surface area contributed by atoms with E-state index in [0.29, 0.717) is 11.8 Å². The van der Waals surface area contributed by atoms with E-state index in [1.165, 1.54) is 6.42 Å². The van der Waals surface area contributed by atoms with Crippen molar-refractivity contribution in [3.8, 4) is 0 Å². The molecule has 1 saturated carbocycles. The van der Waals surface area contributed by atoms with Crippen LogP contribution in [0.15, 0.2) is 13.7 Å². The van der Waals surface area contributed by atoms with Gasteiger partial charge >= 0.3 is 5.82 Å². The summed E-state index contributed by atoms with van der Waals surface area (Å²) >= 11 is 0. The lowest BCUT2D eigenvalue weighted by atomic mass is 9.85. The lowest BCUT2D eigenvalue weighted by Crippen LogP contribution is -2.08. The quantitative estimate of drug-likeness (QED) is 0.582. The molecule has 1 heterocycles. The van der Waals surface area contributed by atoms with E-state index >= 15 is 0 Å². The van der Waals surface area contributed by atoms with Gasteiger partial charge in [0.25, 0.3) is 0 Å². The van der Waals surface area contributed by atoms with Crippen LogP contribution < -0.4 is 5.82 Å². The average molecular weight is 141 g/mol. The van der Waals surface area contributed by atoms with E-state index in [1.54, 1.807) is 0 Å². The van der Waals surface area contributed by atoms with Crippen LogP contribution in [0.5, 0.6) is 0 Å². The van der Waals surface area contributed by atoms with Crippen LogP contribution in [0.25, 0.3) is 0 Å². The van der Waals surface area contributed by atoms with Crippen molar-refractivity contribution in [3.05, 3.63) is 16.5 Å². The highest BCUT2D eigenvalue weighted by atomic mass is 16.6. The smallest absolute Gasteiger partial charge is 0.375 e. The van der Waals surface area contributed by atoms with Crippen LogP contribution in [-0.4, -0.2) is 5.16 Å². The van der Waals surface area contributed by atoms with E-state index in [2.05, 4.69) is 14.1 Å². The van der Waals surface area contributed by atoms with Crippen molar-refractivity contribution >= 4 is 0 Å². The summed E-state index contributed by atoms with van der Waals surface area (Å²) in [5, 5.41) is 3.48. The number of rotatable bonds is 1. The molecule has 1 aliphatic rings. The number of aromatic nitrogens is 1. The van der Waals surface area contributed by atoms with E-state index in [1.807, 2.05) is 0 Å². The molecular weight excluding hydrogens is 134 g/mol. The molecule has 10 heavy (non-hydrogen) atoms. The molecule has 0 aliphatic heterocycles. The van der Waals surface area contributed by atoms with E-state index in [0.717, 1.165) is 12.8 Å². The Hall–Kier alpha value is -1.06. The normalized spacial score (nSPS) is 18.8. The second-order valence-corrected chi connectivity index (χ2v) is 2.50. The number of hydrogen-bond donors (Lipinski definition) is 0. The van der Waals surface area contributed by atoms with Crippen LogP contribution in [0.2, 0.25) is 0 Å². The fourth-order valence-electron chi connectivity index (χ4n) is 1.02. The van der Waals surface area contributed by atoms with Crippen LogP contribution in [0, 0.1) is 0 Å². The van der Waals surface area contributed by atoms with Gasteiger partial charge in [-0.15, -0.1) is 0 Å². The van der Waals surface area contributed by atoms with Gasteiger partial charge in [-0.1, -0.05) is 6.42 Å². The highest BCUT2D eigenvalue weighted by Gasteiger charge is 2.25. The van der Waals surface area contributed by atoms with Crippen molar-refractivity contribution in [2.75, 3.05) is 0 Å². The minimum absolute atomic E-state index is 0.339. The lowest BCUT2D eigenvalue weighted by molar-refractivity contribution is 0.319. The molecule has 0 bridgehead atoms. The molecule has 1 aromatic heterocycles. The zero-order valence-electron chi connectivity index (χ0n) is 5.37. The highest BCUT2D eigenvalue weighted by Crippen LogP contribution is 2.34. The third-order valence-electron chi connectivity index (χ3n) is 1.85. The van der Waals surface area contributed by atoms with Gasteiger partial charge in [0.2, 0.25) is 5.89 Å². The Labute approximate surface area is 56.8 Å². The summed E-state index contributed by atoms with van der Waals surface area (Å²) in [6, 6.07) is 0. The molecule has 0 saturated heterocycles. The van der Waals surface area contributed by atoms with Gasteiger partial charge < -0.3 is 4.42 Å². The molecule has 1 aliphatic carbocycles. The molecule has 4 heteroatoms. The molecule has 0 aromatic carbocycles. The van der Waals surface area contributed by atoms with Gasteiger partial charge in [0, 0.05) is 5.92 Å². The zero-order chi connectivity index (χ0) is 6.97. The van der Waals surface area contributed by atoms with Crippen LogP contribution in [0.1, 0.15) is 31.1 Å². The van der Waals surface area contributed by atoms with Gasteiger partial charge in [-0.05, 0) is 18.0 Å². The molecule has 1 aromatic rings. The topological polar surface area (TPSA) is 56.2 Å². The number of nitrogens with zero attached hydrogens (tertiary/aromatic N) is 1. The molecule has 0 amide bonds. The van der Waals surface area contributed by atoms with Crippen molar-refractivity contribution in [3.63, 3.8) is 0 Å². The van der Waals surface area contributed by atoms with Gasteiger partial charge in [-0.3, -0.25) is 4.52 Å². The SMILES string of the molecule is O=c1onc(C2CCC2)o1. The second-order valence-electron chi connectivity index (χ2n) is 2.50. The average Bonchev–Trinajstić information content (AvgIpc) is 2.10. The molecule has 1 fully saturated rings. The minimum Gasteiger partial charge on any atom is -0.375 e. The molecule has 54 valence electrons. The predicted molar refractivity (Wildman–Crippen MR) is 31.6 cm³/mol. The fraction of sp³-hybridized carbons (Fsp3) is 0.667. The van der Waals surface area contributed by atoms with Crippen LogP contribution >= 0.6 is 0 Å². The Morgan fingerprint density at radius 2 is 2.30 bits per heavy atom. The maximum Gasteiger partial charge on any atom is 0.542 e. The predicted octanol–water partition coefficient (Wildman–Crippen LogP) is 0.895. The Bertz CT molecular complexity index is 271. The molecule has 4 nitrogen and oxygen atoms in total. The molecule has 0 atom stereocenters. The molecular formula is C6H7NO3. The zero-order valence-corrected chi connectivity index (χ0v) is 5.37. The van der Waals surface area contributed by atoms with Crippen LogP contribution in [-0.2, 0) is 0 Å². The van der Waals surface area contributed by atoms with Crippen LogP contribution in [0.4, 0.5) is 0 Å². The second kappa shape index (κ2) is 1.97. The van der Waals surface area contributed by atoms with Crippen molar-refractivity contribution in [1.29, 1.82) is 0 Å². The summed E-state index contributed by atoms with van der Waals surface area (Å²) in [4.78, 5) is 10.3. The summed E-state index contributed by atoms with van der Waals surface area (Å²) in [5.74, 6) is 0.115. The molecule has 2 rings (SSSR count). The summed E-state index contributed by atoms with van der Waals surface area (Å²) < 4.78 is 8.90. The first-order valence-electron chi connectivity index (χ1n) is 3.33. The summed E-state index contributed by atoms with van der Waals surface area (Å²) in [7, 11) is 0. The van der Waals surface area contributed by atoms with E-state index in [-0.39, 0.29) is 0 Å². The Balaban J connectivity index is 2.25. The summed E-state index contributed by atoms with van der Waals surface area (Å²) in [6.45, 7) is 0. The first-order valence-corrected chi connectivity index (χ1v) is 3.33. The van der Waals surface area contributed by atoms with Crippen molar-refractivity contribution in [2.45, 2.75) is 25.2 Å². The Kier molecular flexibility index (Phi) is 1.12. The van der Waals surface area contributed by atoms with Crippen molar-refractivity contribution in [1.82, 2.24) is 5.16 Å². The Morgan fingerprint density at radius 3 is 2.70 bits per heavy atom. The maximum atomic E-state index is 10.3. The van der Waals surface area contributed by atoms with E-state index < -0.39 is 5.82 Å². The molecule has 0 unspecified atom stereocenters. The van der Waals surface area contributed by atoms with Crippen LogP contribution in [0.3, 0.4) is 0 Å². The van der Waals surface area contributed by atoms with Gasteiger partial charge in [0.05, 0.1) is 0 Å².